The number of anilines is 1. The van der Waals surface area contributed by atoms with Crippen LogP contribution < -0.4 is 10.1 Å². The van der Waals surface area contributed by atoms with Crippen LogP contribution in [-0.4, -0.2) is 29.4 Å². The summed E-state index contributed by atoms with van der Waals surface area (Å²) in [6.45, 7) is 5.98. The molecule has 176 valence electrons. The molecule has 0 aliphatic carbocycles. The number of nitrogens with one attached hydrogen (secondary N) is 1. The van der Waals surface area contributed by atoms with E-state index in [-0.39, 0.29) is 34.1 Å². The smallest absolute Gasteiger partial charge is 0.228 e. The number of aromatic nitrogens is 3. The molecule has 0 saturated carbocycles. The highest BCUT2D eigenvalue weighted by Crippen LogP contribution is 2.31. The number of halogens is 1. The predicted octanol–water partition coefficient (Wildman–Crippen LogP) is 4.88. The highest BCUT2D eigenvalue weighted by molar-refractivity contribution is 7.79. The van der Waals surface area contributed by atoms with E-state index in [9.17, 15) is 17.9 Å². The lowest BCUT2D eigenvalue weighted by atomic mass is 10.1. The molecule has 2 N–H and O–H groups in total. The normalized spacial score (nSPS) is 12.5. The summed E-state index contributed by atoms with van der Waals surface area (Å²) >= 11 is -2.16. The van der Waals surface area contributed by atoms with Crippen molar-refractivity contribution in [3.63, 3.8) is 0 Å². The highest BCUT2D eigenvalue weighted by Gasteiger charge is 2.16. The fourth-order valence-electron chi connectivity index (χ4n) is 3.29. The van der Waals surface area contributed by atoms with Gasteiger partial charge in [-0.3, -0.25) is 14.5 Å². The van der Waals surface area contributed by atoms with Crippen LogP contribution in [-0.2, 0) is 27.8 Å². The first-order valence-electron chi connectivity index (χ1n) is 10.4. The Morgan fingerprint density at radius 2 is 2.00 bits per heavy atom. The summed E-state index contributed by atoms with van der Waals surface area (Å²) in [4.78, 5) is 16.8. The van der Waals surface area contributed by atoms with Gasteiger partial charge in [-0.25, -0.2) is 8.60 Å². The van der Waals surface area contributed by atoms with Gasteiger partial charge < -0.3 is 14.6 Å². The summed E-state index contributed by atoms with van der Waals surface area (Å²) < 4.78 is 43.1. The number of ether oxygens (including phenoxy) is 1. The van der Waals surface area contributed by atoms with Crippen LogP contribution in [0, 0.1) is 5.82 Å². The molecule has 4 rings (SSSR count). The van der Waals surface area contributed by atoms with E-state index in [4.69, 9.17) is 4.74 Å². The Morgan fingerprint density at radius 3 is 2.68 bits per heavy atom. The number of carbonyl (C=O) groups is 1. The minimum atomic E-state index is -2.16. The fraction of sp³-hybridized carbons (Fsp3) is 0.208. The summed E-state index contributed by atoms with van der Waals surface area (Å²) in [7, 11) is 0. The topological polar surface area (TPSA) is 106 Å². The molecule has 34 heavy (non-hydrogen) atoms. The first-order valence-corrected chi connectivity index (χ1v) is 11.5. The summed E-state index contributed by atoms with van der Waals surface area (Å²) in [6.07, 6.45) is 4.65. The maximum absolute atomic E-state index is 14.7. The van der Waals surface area contributed by atoms with Crippen LogP contribution in [0.25, 0.3) is 10.9 Å². The standard InChI is InChI=1S/C24H23FN4O4S/c1-24(2,3)29-14-16(13-27-29)28-23(30)10-15-4-5-17(11-20(15)25)33-22-8-9-26-21-7-6-18(34(31)32)12-19(21)22/h4-9,11-14H,10H2,1-3H3,(H,28,30)(H,31,32). The van der Waals surface area contributed by atoms with Crippen molar-refractivity contribution in [1.29, 1.82) is 0 Å². The molecule has 0 aliphatic rings. The number of rotatable bonds is 6. The van der Waals surface area contributed by atoms with Gasteiger partial charge in [-0.1, -0.05) is 6.07 Å². The lowest BCUT2D eigenvalue weighted by Crippen LogP contribution is -2.22. The fourth-order valence-corrected chi connectivity index (χ4v) is 3.70. The van der Waals surface area contributed by atoms with Crippen LogP contribution in [0.4, 0.5) is 10.1 Å². The Bertz CT molecular complexity index is 1400. The average molecular weight is 483 g/mol. The number of benzene rings is 2. The minimum absolute atomic E-state index is 0.156. The van der Waals surface area contributed by atoms with Crippen molar-refractivity contribution in [2.45, 2.75) is 37.6 Å². The molecule has 8 nitrogen and oxygen atoms in total. The van der Waals surface area contributed by atoms with Crippen LogP contribution in [0.1, 0.15) is 26.3 Å². The first-order chi connectivity index (χ1) is 16.1. The molecular formula is C24H23FN4O4S. The third-order valence-electron chi connectivity index (χ3n) is 5.03. The summed E-state index contributed by atoms with van der Waals surface area (Å²) in [6, 6.07) is 10.4. The SMILES string of the molecule is CC(C)(C)n1cc(NC(=O)Cc2ccc(Oc3ccnc4ccc(S(=O)O)cc34)cc2F)cn1. The summed E-state index contributed by atoms with van der Waals surface area (Å²) in [5, 5.41) is 7.47. The Morgan fingerprint density at radius 1 is 1.21 bits per heavy atom. The second kappa shape index (κ2) is 9.32. The van der Waals surface area contributed by atoms with Crippen molar-refractivity contribution in [2.75, 3.05) is 5.32 Å². The van der Waals surface area contributed by atoms with Crippen molar-refractivity contribution in [3.8, 4) is 11.5 Å². The van der Waals surface area contributed by atoms with Crippen LogP contribution in [0.3, 0.4) is 0 Å². The lowest BCUT2D eigenvalue weighted by Gasteiger charge is -2.18. The Hall–Kier alpha value is -3.63. The van der Waals surface area contributed by atoms with Crippen LogP contribution in [0.5, 0.6) is 11.5 Å². The van der Waals surface area contributed by atoms with Crippen LogP contribution in [0.15, 0.2) is 66.0 Å². The molecule has 0 saturated heterocycles. The van der Waals surface area contributed by atoms with Gasteiger partial charge in [0.1, 0.15) is 17.3 Å². The number of fused-ring (bicyclic) bond motifs is 1. The van der Waals surface area contributed by atoms with Gasteiger partial charge in [-0.2, -0.15) is 5.10 Å². The molecule has 0 aliphatic heterocycles. The maximum Gasteiger partial charge on any atom is 0.228 e. The molecule has 0 spiro atoms. The van der Waals surface area contributed by atoms with Gasteiger partial charge in [0.2, 0.25) is 5.91 Å². The Labute approximate surface area is 198 Å². The van der Waals surface area contributed by atoms with Crippen molar-refractivity contribution in [3.05, 3.63) is 72.4 Å². The molecule has 4 aromatic rings. The number of nitrogens with zero attached hydrogens (tertiary/aromatic N) is 3. The molecular weight excluding hydrogens is 459 g/mol. The molecule has 1 atom stereocenters. The third-order valence-corrected chi connectivity index (χ3v) is 5.69. The maximum atomic E-state index is 14.7. The van der Waals surface area contributed by atoms with E-state index in [0.717, 1.165) is 0 Å². The molecule has 2 aromatic carbocycles. The number of carbonyl (C=O) groups excluding carboxylic acids is 1. The lowest BCUT2D eigenvalue weighted by molar-refractivity contribution is -0.115. The van der Waals surface area contributed by atoms with Gasteiger partial charge in [0.15, 0.2) is 11.1 Å². The highest BCUT2D eigenvalue weighted by atomic mass is 32.2. The van der Waals surface area contributed by atoms with Crippen LogP contribution >= 0.6 is 0 Å². The molecule has 1 unspecified atom stereocenters. The van der Waals surface area contributed by atoms with Gasteiger partial charge in [-0.05, 0) is 56.7 Å². The molecule has 1 amide bonds. The number of hydrogen-bond donors (Lipinski definition) is 2. The number of pyridine rings is 1. The van der Waals surface area contributed by atoms with Crippen molar-refractivity contribution >= 4 is 33.6 Å². The van der Waals surface area contributed by atoms with Gasteiger partial charge >= 0.3 is 0 Å². The van der Waals surface area contributed by atoms with E-state index in [1.54, 1.807) is 35.3 Å². The summed E-state index contributed by atoms with van der Waals surface area (Å²) in [5.74, 6) is -0.381. The van der Waals surface area contributed by atoms with Gasteiger partial charge in [-0.15, -0.1) is 0 Å². The molecule has 0 radical (unpaired) electrons. The van der Waals surface area contributed by atoms with Gasteiger partial charge in [0.05, 0.1) is 34.3 Å². The molecule has 2 aromatic heterocycles. The van der Waals surface area contributed by atoms with E-state index in [1.165, 1.54) is 30.5 Å². The van der Waals surface area contributed by atoms with Gasteiger partial charge in [0, 0.05) is 23.8 Å². The van der Waals surface area contributed by atoms with E-state index >= 15 is 0 Å². The van der Waals surface area contributed by atoms with Gasteiger partial charge in [0.25, 0.3) is 0 Å². The van der Waals surface area contributed by atoms with Crippen molar-refractivity contribution in [2.24, 2.45) is 0 Å². The molecule has 10 heteroatoms. The van der Waals surface area contributed by atoms with E-state index in [1.807, 2.05) is 20.8 Å². The Balaban J connectivity index is 1.48. The molecule has 0 bridgehead atoms. The first kappa shape index (κ1) is 23.5. The zero-order chi connectivity index (χ0) is 24.5. The average Bonchev–Trinajstić information content (AvgIpc) is 3.24. The Kier molecular flexibility index (Phi) is 6.45. The van der Waals surface area contributed by atoms with E-state index in [0.29, 0.717) is 22.3 Å². The van der Waals surface area contributed by atoms with Crippen LogP contribution in [0.2, 0.25) is 0 Å². The minimum Gasteiger partial charge on any atom is -0.456 e. The zero-order valence-corrected chi connectivity index (χ0v) is 19.6. The number of hydrogen-bond acceptors (Lipinski definition) is 5. The van der Waals surface area contributed by atoms with Crippen molar-refractivity contribution in [1.82, 2.24) is 14.8 Å². The quantitative estimate of drug-likeness (QED) is 0.380. The second-order valence-electron chi connectivity index (χ2n) is 8.66. The number of amides is 1. The van der Waals surface area contributed by atoms with E-state index < -0.39 is 16.9 Å². The second-order valence-corrected chi connectivity index (χ2v) is 9.63. The third kappa shape index (κ3) is 5.29. The molecule has 2 heterocycles. The summed E-state index contributed by atoms with van der Waals surface area (Å²) in [5.41, 5.74) is 1.09. The molecule has 0 fully saturated rings. The van der Waals surface area contributed by atoms with E-state index in [2.05, 4.69) is 15.4 Å². The van der Waals surface area contributed by atoms with Crippen molar-refractivity contribution < 1.29 is 22.7 Å². The predicted molar refractivity (Wildman–Crippen MR) is 127 cm³/mol. The zero-order valence-electron chi connectivity index (χ0n) is 18.8. The monoisotopic (exact) mass is 482 g/mol. The largest absolute Gasteiger partial charge is 0.456 e.